The second kappa shape index (κ2) is 7.51. The van der Waals surface area contributed by atoms with E-state index in [0.717, 1.165) is 44.3 Å². The molecule has 1 aliphatic rings. The lowest BCUT2D eigenvalue weighted by Gasteiger charge is -2.22. The normalized spacial score (nSPS) is 14.1. The zero-order chi connectivity index (χ0) is 27.7. The Morgan fingerprint density at radius 1 is 0.571 bits per heavy atom. The molecule has 1 aliphatic carbocycles. The predicted molar refractivity (Wildman–Crippen MR) is 173 cm³/mol. The molecule has 0 amide bonds. The molecule has 10 rings (SSSR count). The van der Waals surface area contributed by atoms with Gasteiger partial charge in [0.2, 0.25) is 0 Å². The number of para-hydroxylation sites is 3. The quantitative estimate of drug-likeness (QED) is 0.208. The summed E-state index contributed by atoms with van der Waals surface area (Å²) in [5.74, 6) is 0. The minimum Gasteiger partial charge on any atom is -0.456 e. The van der Waals surface area contributed by atoms with Gasteiger partial charge in [0, 0.05) is 43.6 Å². The smallest absolute Gasteiger partial charge is 0.145 e. The molecule has 42 heavy (non-hydrogen) atoms. The first-order valence-corrected chi connectivity index (χ1v) is 14.5. The second-order valence-electron chi connectivity index (χ2n) is 12.1. The van der Waals surface area contributed by atoms with Crippen molar-refractivity contribution in [2.45, 2.75) is 19.3 Å². The van der Waals surface area contributed by atoms with Gasteiger partial charge in [-0.05, 0) is 53.1 Å². The summed E-state index contributed by atoms with van der Waals surface area (Å²) in [5, 5.41) is 7.02. The van der Waals surface area contributed by atoms with Gasteiger partial charge in [0.05, 0.1) is 16.4 Å². The van der Waals surface area contributed by atoms with Crippen LogP contribution in [0, 0.1) is 0 Å². The zero-order valence-corrected chi connectivity index (χ0v) is 23.2. The van der Waals surface area contributed by atoms with Crippen LogP contribution in [0.2, 0.25) is 0 Å². The topological polar surface area (TPSA) is 31.2 Å². The van der Waals surface area contributed by atoms with Crippen LogP contribution in [-0.2, 0) is 5.41 Å². The predicted octanol–water partition coefficient (Wildman–Crippen LogP) is 10.9. The van der Waals surface area contributed by atoms with Gasteiger partial charge in [-0.1, -0.05) is 92.7 Å². The van der Waals surface area contributed by atoms with Crippen LogP contribution in [0.15, 0.2) is 124 Å². The highest BCUT2D eigenvalue weighted by Crippen LogP contribution is 2.57. The average molecular weight is 540 g/mol. The molecule has 0 aliphatic heterocycles. The molecule has 9 aromatic rings. The van der Waals surface area contributed by atoms with Crippen molar-refractivity contribution in [3.05, 3.63) is 126 Å². The molecule has 198 valence electrons. The number of aromatic nitrogens is 1. The Morgan fingerprint density at radius 3 is 2.10 bits per heavy atom. The second-order valence-corrected chi connectivity index (χ2v) is 12.1. The average Bonchev–Trinajstić information content (AvgIpc) is 3.74. The molecule has 0 N–H and O–H groups in total. The first-order chi connectivity index (χ1) is 20.6. The van der Waals surface area contributed by atoms with Gasteiger partial charge in [-0.25, -0.2) is 0 Å². The van der Waals surface area contributed by atoms with E-state index < -0.39 is 0 Å². The molecule has 0 atom stereocenters. The van der Waals surface area contributed by atoms with Crippen molar-refractivity contribution in [1.29, 1.82) is 0 Å². The van der Waals surface area contributed by atoms with Crippen molar-refractivity contribution >= 4 is 65.7 Å². The maximum absolute atomic E-state index is 6.83. The van der Waals surface area contributed by atoms with Gasteiger partial charge < -0.3 is 13.4 Å². The molecular weight excluding hydrogens is 514 g/mol. The highest BCUT2D eigenvalue weighted by Gasteiger charge is 2.41. The van der Waals surface area contributed by atoms with E-state index in [1.807, 2.05) is 12.1 Å². The van der Waals surface area contributed by atoms with Crippen LogP contribution in [0.4, 0.5) is 0 Å². The molecule has 3 heterocycles. The summed E-state index contributed by atoms with van der Waals surface area (Å²) in [6.45, 7) is 4.72. The number of furan rings is 2. The van der Waals surface area contributed by atoms with Crippen LogP contribution in [0.25, 0.3) is 82.5 Å². The van der Waals surface area contributed by atoms with E-state index in [1.54, 1.807) is 0 Å². The van der Waals surface area contributed by atoms with Gasteiger partial charge in [-0.3, -0.25) is 0 Å². The lowest BCUT2D eigenvalue weighted by molar-refractivity contribution is 0.659. The van der Waals surface area contributed by atoms with Crippen LogP contribution >= 0.6 is 0 Å². The number of benzene rings is 6. The Balaban J connectivity index is 1.48. The van der Waals surface area contributed by atoms with Crippen molar-refractivity contribution in [3.8, 4) is 16.8 Å². The lowest BCUT2D eigenvalue weighted by Crippen LogP contribution is -2.15. The molecule has 0 fully saturated rings. The number of hydrogen-bond donors (Lipinski definition) is 0. The fourth-order valence-corrected chi connectivity index (χ4v) is 7.81. The minimum atomic E-state index is -0.197. The molecule has 3 nitrogen and oxygen atoms in total. The van der Waals surface area contributed by atoms with Crippen LogP contribution in [-0.4, -0.2) is 4.57 Å². The summed E-state index contributed by atoms with van der Waals surface area (Å²) >= 11 is 0. The van der Waals surface area contributed by atoms with Crippen LogP contribution in [0.3, 0.4) is 0 Å². The summed E-state index contributed by atoms with van der Waals surface area (Å²) in [5.41, 5.74) is 12.3. The van der Waals surface area contributed by atoms with E-state index in [9.17, 15) is 0 Å². The number of nitrogens with zero attached hydrogens (tertiary/aromatic N) is 1. The van der Waals surface area contributed by atoms with Crippen LogP contribution in [0.1, 0.15) is 25.0 Å². The Morgan fingerprint density at radius 2 is 1.24 bits per heavy atom. The van der Waals surface area contributed by atoms with Crippen molar-refractivity contribution < 1.29 is 8.83 Å². The van der Waals surface area contributed by atoms with Crippen molar-refractivity contribution in [3.63, 3.8) is 0 Å². The van der Waals surface area contributed by atoms with E-state index >= 15 is 0 Å². The summed E-state index contributed by atoms with van der Waals surface area (Å²) in [7, 11) is 0. The molecule has 0 saturated heterocycles. The Kier molecular flexibility index (Phi) is 4.01. The highest BCUT2D eigenvalue weighted by atomic mass is 16.3. The van der Waals surface area contributed by atoms with Gasteiger partial charge in [0.1, 0.15) is 22.3 Å². The molecule has 0 radical (unpaired) electrons. The third-order valence-electron chi connectivity index (χ3n) is 9.55. The molecular formula is C39H25NO2. The molecule has 3 aromatic heterocycles. The monoisotopic (exact) mass is 539 g/mol. The van der Waals surface area contributed by atoms with Gasteiger partial charge in [-0.15, -0.1) is 0 Å². The lowest BCUT2D eigenvalue weighted by atomic mass is 9.80. The third kappa shape index (κ3) is 2.58. The molecule has 6 aromatic carbocycles. The first kappa shape index (κ1) is 22.4. The largest absolute Gasteiger partial charge is 0.456 e. The van der Waals surface area contributed by atoms with Gasteiger partial charge in [0.15, 0.2) is 0 Å². The SMILES string of the molecule is CC1(C)c2ccccc2-c2c1c1c3ccccc3oc1c1c3ccccc3n(-c3ccc4oc5ccccc5c4c3)c21. The van der Waals surface area contributed by atoms with E-state index in [-0.39, 0.29) is 5.41 Å². The van der Waals surface area contributed by atoms with Crippen molar-refractivity contribution in [2.75, 3.05) is 0 Å². The summed E-state index contributed by atoms with van der Waals surface area (Å²) in [6, 6.07) is 41.1. The Labute approximate surface area is 241 Å². The molecule has 0 unspecified atom stereocenters. The van der Waals surface area contributed by atoms with E-state index in [1.165, 1.54) is 49.3 Å². The van der Waals surface area contributed by atoms with Gasteiger partial charge >= 0.3 is 0 Å². The zero-order valence-electron chi connectivity index (χ0n) is 23.2. The van der Waals surface area contributed by atoms with Gasteiger partial charge in [-0.2, -0.15) is 0 Å². The number of hydrogen-bond acceptors (Lipinski definition) is 2. The first-order valence-electron chi connectivity index (χ1n) is 14.5. The number of rotatable bonds is 1. The Hall–Kier alpha value is -5.28. The van der Waals surface area contributed by atoms with Crippen molar-refractivity contribution in [2.24, 2.45) is 0 Å². The molecule has 0 bridgehead atoms. The maximum atomic E-state index is 6.83. The summed E-state index contributed by atoms with van der Waals surface area (Å²) < 4.78 is 15.5. The maximum Gasteiger partial charge on any atom is 0.145 e. The van der Waals surface area contributed by atoms with Crippen molar-refractivity contribution in [1.82, 2.24) is 4.57 Å². The van der Waals surface area contributed by atoms with Crippen LogP contribution in [0.5, 0.6) is 0 Å². The standard InChI is InChI=1S/C39H25NO2/c1-39(2)28-15-7-3-12-24(28)33-36(39)34-26-14-6-10-18-31(26)42-38(34)35-25-13-4-8-16-29(25)40(37(33)35)22-19-20-32-27(21-22)23-11-5-9-17-30(23)41-32/h3-21H,1-2H3. The Bertz CT molecular complexity index is 2610. The van der Waals surface area contributed by atoms with E-state index in [0.29, 0.717) is 0 Å². The van der Waals surface area contributed by atoms with E-state index in [4.69, 9.17) is 8.83 Å². The molecule has 3 heteroatoms. The minimum absolute atomic E-state index is 0.197. The fourth-order valence-electron chi connectivity index (χ4n) is 7.81. The fraction of sp³-hybridized carbons (Fsp3) is 0.0769. The van der Waals surface area contributed by atoms with Crippen LogP contribution < -0.4 is 0 Å². The molecule has 0 saturated carbocycles. The third-order valence-corrected chi connectivity index (χ3v) is 9.55. The number of fused-ring (bicyclic) bond motifs is 15. The van der Waals surface area contributed by atoms with E-state index in [2.05, 4.69) is 122 Å². The molecule has 0 spiro atoms. The summed E-state index contributed by atoms with van der Waals surface area (Å²) in [6.07, 6.45) is 0. The summed E-state index contributed by atoms with van der Waals surface area (Å²) in [4.78, 5) is 0. The van der Waals surface area contributed by atoms with Gasteiger partial charge in [0.25, 0.3) is 0 Å². The highest BCUT2D eigenvalue weighted by molar-refractivity contribution is 6.30.